The molecule has 20 heavy (non-hydrogen) atoms. The summed E-state index contributed by atoms with van der Waals surface area (Å²) in [7, 11) is 0. The van der Waals surface area contributed by atoms with Crippen LogP contribution in [0.2, 0.25) is 0 Å². The van der Waals surface area contributed by atoms with Gasteiger partial charge in [0.1, 0.15) is 17.5 Å². The number of aromatic nitrogens is 2. The summed E-state index contributed by atoms with van der Waals surface area (Å²) in [6, 6.07) is 1.90. The van der Waals surface area contributed by atoms with E-state index < -0.39 is 5.60 Å². The smallest absolute Gasteiger partial charge is 0.132 e. The summed E-state index contributed by atoms with van der Waals surface area (Å²) in [5.74, 6) is 2.43. The topological polar surface area (TPSA) is 70.1 Å². The van der Waals surface area contributed by atoms with Crippen LogP contribution < -0.4 is 10.6 Å². The van der Waals surface area contributed by atoms with Gasteiger partial charge in [-0.05, 0) is 19.3 Å². The van der Waals surface area contributed by atoms with Crippen LogP contribution in [0, 0.1) is 0 Å². The van der Waals surface area contributed by atoms with Crippen LogP contribution in [-0.4, -0.2) is 33.8 Å². The van der Waals surface area contributed by atoms with Gasteiger partial charge in [0.2, 0.25) is 0 Å². The van der Waals surface area contributed by atoms with Crippen molar-refractivity contribution in [3.63, 3.8) is 0 Å². The van der Waals surface area contributed by atoms with Crippen molar-refractivity contribution in [1.29, 1.82) is 0 Å². The van der Waals surface area contributed by atoms with Gasteiger partial charge < -0.3 is 15.7 Å². The van der Waals surface area contributed by atoms with Gasteiger partial charge in [-0.1, -0.05) is 27.7 Å². The minimum absolute atomic E-state index is 0.507. The standard InChI is InChI=1S/C15H28N4O/c1-5-9-16-13-10-14(19-12(6-2)18-13)17-11-15(20,7-3)8-4/h10,20H,5-9,11H2,1-4H3,(H2,16,17,18,19). The van der Waals surface area contributed by atoms with Crippen molar-refractivity contribution in [3.8, 4) is 0 Å². The minimum Gasteiger partial charge on any atom is -0.388 e. The van der Waals surface area contributed by atoms with E-state index in [-0.39, 0.29) is 0 Å². The molecule has 0 amide bonds. The molecule has 1 aromatic rings. The molecule has 1 aromatic heterocycles. The maximum atomic E-state index is 10.3. The Bertz CT molecular complexity index is 405. The Labute approximate surface area is 122 Å². The van der Waals surface area contributed by atoms with Crippen LogP contribution in [-0.2, 0) is 6.42 Å². The second-order valence-electron chi connectivity index (χ2n) is 5.12. The molecule has 0 aliphatic heterocycles. The fourth-order valence-corrected chi connectivity index (χ4v) is 1.84. The molecule has 0 fully saturated rings. The number of nitrogens with one attached hydrogen (secondary N) is 2. The normalized spacial score (nSPS) is 11.4. The Morgan fingerprint density at radius 2 is 1.65 bits per heavy atom. The van der Waals surface area contributed by atoms with E-state index in [9.17, 15) is 5.11 Å². The Balaban J connectivity index is 2.77. The maximum absolute atomic E-state index is 10.3. The van der Waals surface area contributed by atoms with E-state index in [4.69, 9.17) is 0 Å². The summed E-state index contributed by atoms with van der Waals surface area (Å²) >= 11 is 0. The van der Waals surface area contributed by atoms with Crippen molar-refractivity contribution in [1.82, 2.24) is 9.97 Å². The van der Waals surface area contributed by atoms with Crippen LogP contribution in [0.4, 0.5) is 11.6 Å². The molecule has 0 saturated carbocycles. The average Bonchev–Trinajstić information content (AvgIpc) is 2.50. The number of hydrogen-bond donors (Lipinski definition) is 3. The van der Waals surface area contributed by atoms with Crippen LogP contribution in [0.1, 0.15) is 52.8 Å². The van der Waals surface area contributed by atoms with Crippen molar-refractivity contribution in [2.75, 3.05) is 23.7 Å². The first-order valence-corrected chi connectivity index (χ1v) is 7.65. The first-order valence-electron chi connectivity index (χ1n) is 7.65. The number of aryl methyl sites for hydroxylation is 1. The summed E-state index contributed by atoms with van der Waals surface area (Å²) < 4.78 is 0. The van der Waals surface area contributed by atoms with E-state index in [2.05, 4.69) is 27.5 Å². The number of hydrogen-bond acceptors (Lipinski definition) is 5. The molecule has 1 rings (SSSR count). The summed E-state index contributed by atoms with van der Waals surface area (Å²) in [6.45, 7) is 9.56. The van der Waals surface area contributed by atoms with E-state index in [0.29, 0.717) is 6.54 Å². The van der Waals surface area contributed by atoms with Crippen LogP contribution in [0.3, 0.4) is 0 Å². The lowest BCUT2D eigenvalue weighted by molar-refractivity contribution is 0.0456. The third-order valence-electron chi connectivity index (χ3n) is 3.56. The van der Waals surface area contributed by atoms with E-state index in [0.717, 1.165) is 49.7 Å². The highest BCUT2D eigenvalue weighted by Gasteiger charge is 2.21. The van der Waals surface area contributed by atoms with Crippen molar-refractivity contribution < 1.29 is 5.11 Å². The molecule has 0 unspecified atom stereocenters. The third-order valence-corrected chi connectivity index (χ3v) is 3.56. The molecule has 0 radical (unpaired) electrons. The molecule has 0 aliphatic carbocycles. The highest BCUT2D eigenvalue weighted by molar-refractivity contribution is 5.47. The third kappa shape index (κ3) is 4.96. The number of nitrogens with zero attached hydrogens (tertiary/aromatic N) is 2. The molecule has 0 bridgehead atoms. The number of aliphatic hydroxyl groups is 1. The Morgan fingerprint density at radius 1 is 1.05 bits per heavy atom. The fourth-order valence-electron chi connectivity index (χ4n) is 1.84. The summed E-state index contributed by atoms with van der Waals surface area (Å²) in [5.41, 5.74) is -0.672. The summed E-state index contributed by atoms with van der Waals surface area (Å²) in [5, 5.41) is 16.8. The highest BCUT2D eigenvalue weighted by Crippen LogP contribution is 2.17. The lowest BCUT2D eigenvalue weighted by Gasteiger charge is -2.25. The monoisotopic (exact) mass is 280 g/mol. The maximum Gasteiger partial charge on any atom is 0.132 e. The van der Waals surface area contributed by atoms with Gasteiger partial charge in [-0.3, -0.25) is 0 Å². The van der Waals surface area contributed by atoms with Gasteiger partial charge >= 0.3 is 0 Å². The van der Waals surface area contributed by atoms with Crippen LogP contribution >= 0.6 is 0 Å². The van der Waals surface area contributed by atoms with E-state index in [1.807, 2.05) is 26.8 Å². The molecule has 1 heterocycles. The molecule has 0 spiro atoms. The van der Waals surface area contributed by atoms with Crippen molar-refractivity contribution in [3.05, 3.63) is 11.9 Å². The van der Waals surface area contributed by atoms with Gasteiger partial charge in [-0.15, -0.1) is 0 Å². The molecule has 0 atom stereocenters. The van der Waals surface area contributed by atoms with Gasteiger partial charge in [0, 0.05) is 25.6 Å². The molecule has 114 valence electrons. The van der Waals surface area contributed by atoms with Gasteiger partial charge in [-0.25, -0.2) is 9.97 Å². The van der Waals surface area contributed by atoms with E-state index in [1.165, 1.54) is 0 Å². The molecule has 3 N–H and O–H groups in total. The number of rotatable bonds is 9. The molecule has 5 nitrogen and oxygen atoms in total. The average molecular weight is 280 g/mol. The summed E-state index contributed by atoms with van der Waals surface area (Å²) in [4.78, 5) is 8.91. The lowest BCUT2D eigenvalue weighted by atomic mass is 9.98. The second kappa shape index (κ2) is 8.04. The fraction of sp³-hybridized carbons (Fsp3) is 0.733. The van der Waals surface area contributed by atoms with Crippen LogP contribution in [0.25, 0.3) is 0 Å². The van der Waals surface area contributed by atoms with Gasteiger partial charge in [-0.2, -0.15) is 0 Å². The Kier molecular flexibility index (Phi) is 6.71. The van der Waals surface area contributed by atoms with Gasteiger partial charge in [0.05, 0.1) is 5.60 Å². The predicted molar refractivity (Wildman–Crippen MR) is 84.2 cm³/mol. The van der Waals surface area contributed by atoms with Crippen molar-refractivity contribution >= 4 is 11.6 Å². The second-order valence-corrected chi connectivity index (χ2v) is 5.12. The van der Waals surface area contributed by atoms with E-state index in [1.54, 1.807) is 0 Å². The highest BCUT2D eigenvalue weighted by atomic mass is 16.3. The zero-order valence-corrected chi connectivity index (χ0v) is 13.2. The SMILES string of the molecule is CCCNc1cc(NCC(O)(CC)CC)nc(CC)n1. The minimum atomic E-state index is -0.672. The Morgan fingerprint density at radius 3 is 2.15 bits per heavy atom. The number of anilines is 2. The lowest BCUT2D eigenvalue weighted by Crippen LogP contribution is -2.35. The van der Waals surface area contributed by atoms with E-state index >= 15 is 0 Å². The largest absolute Gasteiger partial charge is 0.388 e. The quantitative estimate of drug-likeness (QED) is 0.649. The first-order chi connectivity index (χ1) is 9.56. The van der Waals surface area contributed by atoms with Gasteiger partial charge in [0.25, 0.3) is 0 Å². The predicted octanol–water partition coefficient (Wildman–Crippen LogP) is 2.82. The van der Waals surface area contributed by atoms with Crippen LogP contribution in [0.15, 0.2) is 6.07 Å². The molecule has 0 saturated heterocycles. The zero-order valence-electron chi connectivity index (χ0n) is 13.2. The Hall–Kier alpha value is -1.36. The molecular formula is C15H28N4O. The summed E-state index contributed by atoms with van der Waals surface area (Å²) in [6.07, 6.45) is 3.30. The molecule has 0 aliphatic rings. The first kappa shape index (κ1) is 16.7. The molecule has 0 aromatic carbocycles. The van der Waals surface area contributed by atoms with Crippen molar-refractivity contribution in [2.45, 2.75) is 59.0 Å². The van der Waals surface area contributed by atoms with Crippen LogP contribution in [0.5, 0.6) is 0 Å². The molecular weight excluding hydrogens is 252 g/mol. The zero-order chi connectivity index (χ0) is 15.0. The van der Waals surface area contributed by atoms with Crippen molar-refractivity contribution in [2.24, 2.45) is 0 Å². The molecule has 5 heteroatoms. The van der Waals surface area contributed by atoms with Gasteiger partial charge in [0.15, 0.2) is 0 Å².